The fourth-order valence-corrected chi connectivity index (χ4v) is 1.82. The number of nitrogens with two attached hydrogens (primary N) is 1. The molecule has 0 aromatic heterocycles. The van der Waals surface area contributed by atoms with Gasteiger partial charge in [0.1, 0.15) is 12.4 Å². The smallest absolute Gasteiger partial charge is 0.124 e. The van der Waals surface area contributed by atoms with E-state index in [0.717, 1.165) is 16.9 Å². The summed E-state index contributed by atoms with van der Waals surface area (Å²) in [6, 6.07) is 17.2. The molecule has 19 heavy (non-hydrogen) atoms. The molecule has 0 saturated heterocycles. The molecule has 0 amide bonds. The molecule has 3 nitrogen and oxygen atoms in total. The lowest BCUT2D eigenvalue weighted by Crippen LogP contribution is -2.07. The van der Waals surface area contributed by atoms with Gasteiger partial charge in [-0.3, -0.25) is 0 Å². The highest BCUT2D eigenvalue weighted by atomic mass is 16.5. The van der Waals surface area contributed by atoms with Crippen molar-refractivity contribution >= 4 is 0 Å². The van der Waals surface area contributed by atoms with Crippen molar-refractivity contribution in [1.82, 2.24) is 0 Å². The summed E-state index contributed by atoms with van der Waals surface area (Å²) in [5.74, 6) is 0.807. The first-order valence-corrected chi connectivity index (χ1v) is 6.17. The van der Waals surface area contributed by atoms with Crippen LogP contribution >= 0.6 is 0 Å². The predicted molar refractivity (Wildman–Crippen MR) is 74.5 cm³/mol. The van der Waals surface area contributed by atoms with Crippen molar-refractivity contribution in [2.75, 3.05) is 0 Å². The first-order chi connectivity index (χ1) is 9.20. The summed E-state index contributed by atoms with van der Waals surface area (Å²) in [5.41, 5.74) is 8.58. The molecule has 2 aromatic rings. The summed E-state index contributed by atoms with van der Waals surface area (Å²) >= 11 is 0. The number of ether oxygens (including phenoxy) is 1. The molecule has 1 unspecified atom stereocenters. The summed E-state index contributed by atoms with van der Waals surface area (Å²) in [6.45, 7) is 2.40. The average molecular weight is 252 g/mol. The topological polar surface area (TPSA) is 59.0 Å². The van der Waals surface area contributed by atoms with Crippen LogP contribution in [0, 0.1) is 11.3 Å². The van der Waals surface area contributed by atoms with E-state index in [9.17, 15) is 0 Å². The van der Waals surface area contributed by atoms with Gasteiger partial charge in [0.2, 0.25) is 0 Å². The van der Waals surface area contributed by atoms with Crippen LogP contribution in [0.2, 0.25) is 0 Å². The summed E-state index contributed by atoms with van der Waals surface area (Å²) in [4.78, 5) is 0. The minimum atomic E-state index is -0.0582. The number of benzene rings is 2. The van der Waals surface area contributed by atoms with E-state index in [2.05, 4.69) is 6.07 Å². The van der Waals surface area contributed by atoms with Gasteiger partial charge in [-0.1, -0.05) is 30.3 Å². The second kappa shape index (κ2) is 6.03. The quantitative estimate of drug-likeness (QED) is 0.909. The number of para-hydroxylation sites is 1. The van der Waals surface area contributed by atoms with E-state index in [-0.39, 0.29) is 6.04 Å². The van der Waals surface area contributed by atoms with Crippen LogP contribution in [-0.2, 0) is 6.61 Å². The van der Waals surface area contributed by atoms with E-state index in [4.69, 9.17) is 15.7 Å². The van der Waals surface area contributed by atoms with E-state index < -0.39 is 0 Å². The Morgan fingerprint density at radius 3 is 2.47 bits per heavy atom. The molecule has 2 rings (SSSR count). The van der Waals surface area contributed by atoms with Crippen molar-refractivity contribution in [3.63, 3.8) is 0 Å². The Morgan fingerprint density at radius 1 is 1.16 bits per heavy atom. The van der Waals surface area contributed by atoms with Gasteiger partial charge >= 0.3 is 0 Å². The Kier molecular flexibility index (Phi) is 4.17. The normalized spacial score (nSPS) is 11.6. The van der Waals surface area contributed by atoms with Crippen molar-refractivity contribution in [2.45, 2.75) is 19.6 Å². The van der Waals surface area contributed by atoms with Crippen LogP contribution < -0.4 is 10.5 Å². The molecular weight excluding hydrogens is 236 g/mol. The minimum absolute atomic E-state index is 0.0582. The number of hydrogen-bond acceptors (Lipinski definition) is 3. The van der Waals surface area contributed by atoms with Crippen LogP contribution in [0.1, 0.15) is 29.7 Å². The average Bonchev–Trinajstić information content (AvgIpc) is 2.46. The molecule has 0 aliphatic rings. The van der Waals surface area contributed by atoms with E-state index in [1.54, 1.807) is 12.1 Å². The van der Waals surface area contributed by atoms with E-state index in [1.165, 1.54) is 0 Å². The minimum Gasteiger partial charge on any atom is -0.489 e. The number of nitriles is 1. The summed E-state index contributed by atoms with van der Waals surface area (Å²) < 4.78 is 5.80. The fourth-order valence-electron chi connectivity index (χ4n) is 1.82. The first kappa shape index (κ1) is 13.1. The lowest BCUT2D eigenvalue weighted by atomic mass is 10.1. The Bertz CT molecular complexity index is 582. The standard InChI is InChI=1S/C16H16N2O/c1-12(18)15-4-2-3-5-16(15)19-11-14-8-6-13(10-17)7-9-14/h2-9,12H,11,18H2,1H3. The molecule has 2 aromatic carbocycles. The molecule has 0 bridgehead atoms. The molecule has 3 heteroatoms. The zero-order valence-corrected chi connectivity index (χ0v) is 10.8. The second-order valence-corrected chi connectivity index (χ2v) is 4.42. The van der Waals surface area contributed by atoms with Gasteiger partial charge in [-0.15, -0.1) is 0 Å². The third-order valence-corrected chi connectivity index (χ3v) is 2.89. The van der Waals surface area contributed by atoms with Crippen molar-refractivity contribution in [1.29, 1.82) is 5.26 Å². The molecule has 96 valence electrons. The van der Waals surface area contributed by atoms with Gasteiger partial charge in [0, 0.05) is 11.6 Å². The monoisotopic (exact) mass is 252 g/mol. The van der Waals surface area contributed by atoms with E-state index >= 15 is 0 Å². The highest BCUT2D eigenvalue weighted by Gasteiger charge is 2.07. The van der Waals surface area contributed by atoms with Gasteiger partial charge in [-0.25, -0.2) is 0 Å². The third-order valence-electron chi connectivity index (χ3n) is 2.89. The van der Waals surface area contributed by atoms with Crippen LogP contribution in [0.3, 0.4) is 0 Å². The lowest BCUT2D eigenvalue weighted by molar-refractivity contribution is 0.301. The maximum absolute atomic E-state index is 8.74. The van der Waals surface area contributed by atoms with Gasteiger partial charge in [-0.05, 0) is 30.7 Å². The number of nitrogens with zero attached hydrogens (tertiary/aromatic N) is 1. The maximum atomic E-state index is 8.74. The SMILES string of the molecule is CC(N)c1ccccc1OCc1ccc(C#N)cc1. The Labute approximate surface area is 113 Å². The first-order valence-electron chi connectivity index (χ1n) is 6.17. The van der Waals surface area contributed by atoms with Gasteiger partial charge in [0.05, 0.1) is 11.6 Å². The van der Waals surface area contributed by atoms with Gasteiger partial charge in [0.15, 0.2) is 0 Å². The van der Waals surface area contributed by atoms with Gasteiger partial charge in [-0.2, -0.15) is 5.26 Å². The van der Waals surface area contributed by atoms with E-state index in [0.29, 0.717) is 12.2 Å². The Hall–Kier alpha value is -2.31. The maximum Gasteiger partial charge on any atom is 0.124 e. The molecule has 0 radical (unpaired) electrons. The second-order valence-electron chi connectivity index (χ2n) is 4.42. The summed E-state index contributed by atoms with van der Waals surface area (Å²) in [6.07, 6.45) is 0. The Morgan fingerprint density at radius 2 is 1.84 bits per heavy atom. The van der Waals surface area contributed by atoms with Crippen LogP contribution in [0.15, 0.2) is 48.5 Å². The van der Waals surface area contributed by atoms with Crippen molar-refractivity contribution in [2.24, 2.45) is 5.73 Å². The zero-order valence-electron chi connectivity index (χ0n) is 10.8. The van der Waals surface area contributed by atoms with Crippen LogP contribution in [0.4, 0.5) is 0 Å². The van der Waals surface area contributed by atoms with Crippen molar-refractivity contribution < 1.29 is 4.74 Å². The molecule has 1 atom stereocenters. The molecule has 0 aliphatic carbocycles. The summed E-state index contributed by atoms with van der Waals surface area (Å²) in [5, 5.41) is 8.74. The highest BCUT2D eigenvalue weighted by Crippen LogP contribution is 2.24. The molecule has 0 heterocycles. The van der Waals surface area contributed by atoms with Crippen LogP contribution in [0.5, 0.6) is 5.75 Å². The number of hydrogen-bond donors (Lipinski definition) is 1. The fraction of sp³-hybridized carbons (Fsp3) is 0.188. The molecule has 0 spiro atoms. The zero-order chi connectivity index (χ0) is 13.7. The predicted octanol–water partition coefficient (Wildman–Crippen LogP) is 3.16. The largest absolute Gasteiger partial charge is 0.489 e. The third kappa shape index (κ3) is 3.34. The molecule has 2 N–H and O–H groups in total. The molecular formula is C16H16N2O. The highest BCUT2D eigenvalue weighted by molar-refractivity contribution is 5.36. The molecule has 0 aliphatic heterocycles. The van der Waals surface area contributed by atoms with Crippen molar-refractivity contribution in [3.8, 4) is 11.8 Å². The van der Waals surface area contributed by atoms with Crippen molar-refractivity contribution in [3.05, 3.63) is 65.2 Å². The van der Waals surface area contributed by atoms with Crippen LogP contribution in [0.25, 0.3) is 0 Å². The van der Waals surface area contributed by atoms with E-state index in [1.807, 2.05) is 43.3 Å². The van der Waals surface area contributed by atoms with Gasteiger partial charge < -0.3 is 10.5 Å². The van der Waals surface area contributed by atoms with Crippen LogP contribution in [-0.4, -0.2) is 0 Å². The Balaban J connectivity index is 2.08. The molecule has 0 saturated carbocycles. The number of rotatable bonds is 4. The lowest BCUT2D eigenvalue weighted by Gasteiger charge is -2.13. The molecule has 0 fully saturated rings. The summed E-state index contributed by atoms with van der Waals surface area (Å²) in [7, 11) is 0. The van der Waals surface area contributed by atoms with Gasteiger partial charge in [0.25, 0.3) is 0 Å².